The average Bonchev–Trinajstić information content (AvgIpc) is 2.76. The van der Waals surface area contributed by atoms with Crippen molar-refractivity contribution in [3.05, 3.63) is 41.2 Å². The quantitative estimate of drug-likeness (QED) is 0.787. The maximum Gasteiger partial charge on any atom is 0.296 e. The number of nitrogens with zero attached hydrogens (tertiary/aromatic N) is 3. The van der Waals surface area contributed by atoms with Gasteiger partial charge in [0.15, 0.2) is 0 Å². The van der Waals surface area contributed by atoms with Gasteiger partial charge >= 0.3 is 0 Å². The maximum atomic E-state index is 13.7. The lowest BCUT2D eigenvalue weighted by atomic mass is 10.1. The highest BCUT2D eigenvalue weighted by molar-refractivity contribution is 8.13. The van der Waals surface area contributed by atoms with Gasteiger partial charge in [-0.1, -0.05) is 13.0 Å². The molecule has 5 nitrogen and oxygen atoms in total. The van der Waals surface area contributed by atoms with E-state index in [0.717, 1.165) is 12.1 Å². The predicted molar refractivity (Wildman–Crippen MR) is 72.5 cm³/mol. The molecule has 21 heavy (non-hydrogen) atoms. The monoisotopic (exact) mass is 335 g/mol. The number of halogens is 3. The Morgan fingerprint density at radius 2 is 2.00 bits per heavy atom. The van der Waals surface area contributed by atoms with E-state index < -0.39 is 20.7 Å². The van der Waals surface area contributed by atoms with Crippen LogP contribution in [0.5, 0.6) is 0 Å². The molecule has 0 radical (unpaired) electrons. The standard InChI is InChI=1S/C12H12ClF2N3O2S/c1-2-5-18-11(16-17-12(18)21(13,19)20)6-8-3-4-9(14)7-10(8)15/h3-4,7H,2,5-6H2,1H3. The SMILES string of the molecule is CCCn1c(Cc2ccc(F)cc2F)nnc1S(=O)(=O)Cl. The fraction of sp³-hybridized carbons (Fsp3) is 0.333. The van der Waals surface area contributed by atoms with E-state index in [1.54, 1.807) is 0 Å². The van der Waals surface area contributed by atoms with Gasteiger partial charge < -0.3 is 4.57 Å². The zero-order valence-corrected chi connectivity index (χ0v) is 12.6. The number of hydrogen-bond donors (Lipinski definition) is 0. The first kappa shape index (κ1) is 15.8. The van der Waals surface area contributed by atoms with Crippen LogP contribution in [-0.2, 0) is 22.0 Å². The molecule has 1 heterocycles. The molecular formula is C12H12ClF2N3O2S. The molecule has 2 rings (SSSR count). The summed E-state index contributed by atoms with van der Waals surface area (Å²) < 4.78 is 50.7. The van der Waals surface area contributed by atoms with Crippen LogP contribution in [0.1, 0.15) is 24.7 Å². The molecule has 0 aliphatic rings. The lowest BCUT2D eigenvalue weighted by Crippen LogP contribution is -2.10. The molecule has 0 saturated carbocycles. The van der Waals surface area contributed by atoms with E-state index in [1.807, 2.05) is 6.92 Å². The average molecular weight is 336 g/mol. The third kappa shape index (κ3) is 3.56. The van der Waals surface area contributed by atoms with Crippen LogP contribution in [0.25, 0.3) is 0 Å². The first-order chi connectivity index (χ1) is 9.82. The Bertz CT molecular complexity index is 762. The van der Waals surface area contributed by atoms with Crippen molar-refractivity contribution in [1.82, 2.24) is 14.8 Å². The lowest BCUT2D eigenvalue weighted by molar-refractivity contribution is 0.552. The zero-order chi connectivity index (χ0) is 15.6. The van der Waals surface area contributed by atoms with E-state index >= 15 is 0 Å². The van der Waals surface area contributed by atoms with E-state index in [-0.39, 0.29) is 23.0 Å². The largest absolute Gasteiger partial charge is 0.301 e. The van der Waals surface area contributed by atoms with Crippen molar-refractivity contribution in [2.45, 2.75) is 31.5 Å². The van der Waals surface area contributed by atoms with Crippen molar-refractivity contribution in [1.29, 1.82) is 0 Å². The number of hydrogen-bond acceptors (Lipinski definition) is 4. The summed E-state index contributed by atoms with van der Waals surface area (Å²) in [5.41, 5.74) is 0.194. The van der Waals surface area contributed by atoms with Crippen molar-refractivity contribution in [3.8, 4) is 0 Å². The Balaban J connectivity index is 2.42. The number of rotatable bonds is 5. The molecular weight excluding hydrogens is 324 g/mol. The summed E-state index contributed by atoms with van der Waals surface area (Å²) in [5, 5.41) is 6.92. The fourth-order valence-corrected chi connectivity index (χ4v) is 2.85. The molecule has 0 atom stereocenters. The van der Waals surface area contributed by atoms with Gasteiger partial charge in [-0.2, -0.15) is 0 Å². The van der Waals surface area contributed by atoms with Crippen LogP contribution in [0, 0.1) is 11.6 Å². The summed E-state index contributed by atoms with van der Waals surface area (Å²) in [5.74, 6) is -1.16. The maximum absolute atomic E-state index is 13.7. The second-order valence-corrected chi connectivity index (χ2v) is 6.86. The van der Waals surface area contributed by atoms with Crippen LogP contribution in [-0.4, -0.2) is 23.2 Å². The Hall–Kier alpha value is -1.54. The van der Waals surface area contributed by atoms with E-state index in [4.69, 9.17) is 10.7 Å². The number of benzene rings is 1. The van der Waals surface area contributed by atoms with E-state index in [9.17, 15) is 17.2 Å². The third-order valence-electron chi connectivity index (χ3n) is 2.82. The van der Waals surface area contributed by atoms with Crippen LogP contribution >= 0.6 is 10.7 Å². The van der Waals surface area contributed by atoms with Gasteiger partial charge in [0.25, 0.3) is 14.2 Å². The minimum atomic E-state index is -4.04. The van der Waals surface area contributed by atoms with E-state index in [1.165, 1.54) is 10.6 Å². The molecule has 0 N–H and O–H groups in total. The molecule has 0 bridgehead atoms. The second-order valence-electron chi connectivity index (χ2n) is 4.40. The Kier molecular flexibility index (Phi) is 4.58. The highest BCUT2D eigenvalue weighted by Crippen LogP contribution is 2.18. The van der Waals surface area contributed by atoms with Crippen LogP contribution in [0.4, 0.5) is 8.78 Å². The van der Waals surface area contributed by atoms with Gasteiger partial charge in [-0.3, -0.25) is 0 Å². The summed E-state index contributed by atoms with van der Waals surface area (Å²) in [6.45, 7) is 2.17. The van der Waals surface area contributed by atoms with E-state index in [2.05, 4.69) is 10.2 Å². The predicted octanol–water partition coefficient (Wildman–Crippen LogP) is 2.48. The van der Waals surface area contributed by atoms with Gasteiger partial charge in [-0.05, 0) is 18.1 Å². The minimum Gasteiger partial charge on any atom is -0.301 e. The van der Waals surface area contributed by atoms with Gasteiger partial charge in [-0.25, -0.2) is 17.2 Å². The molecule has 2 aromatic rings. The molecule has 0 spiro atoms. The molecule has 0 saturated heterocycles. The molecule has 114 valence electrons. The Labute approximate surface area is 125 Å². The van der Waals surface area contributed by atoms with Crippen LogP contribution in [0.3, 0.4) is 0 Å². The summed E-state index contributed by atoms with van der Waals surface area (Å²) in [6.07, 6.45) is 0.613. The normalized spacial score (nSPS) is 11.8. The Morgan fingerprint density at radius 3 is 2.57 bits per heavy atom. The van der Waals surface area contributed by atoms with Crippen LogP contribution < -0.4 is 0 Å². The summed E-state index contributed by atoms with van der Waals surface area (Å²) >= 11 is 0. The first-order valence-electron chi connectivity index (χ1n) is 6.13. The summed E-state index contributed by atoms with van der Waals surface area (Å²) in [4.78, 5) is 0. The Morgan fingerprint density at radius 1 is 1.29 bits per heavy atom. The molecule has 1 aromatic carbocycles. The molecule has 0 amide bonds. The van der Waals surface area contributed by atoms with Crippen LogP contribution in [0.15, 0.2) is 23.4 Å². The van der Waals surface area contributed by atoms with Gasteiger partial charge in [0.1, 0.15) is 17.5 Å². The lowest BCUT2D eigenvalue weighted by Gasteiger charge is -2.08. The molecule has 0 aliphatic carbocycles. The van der Waals surface area contributed by atoms with Gasteiger partial charge in [0.05, 0.1) is 0 Å². The first-order valence-corrected chi connectivity index (χ1v) is 8.44. The molecule has 0 fully saturated rings. The van der Waals surface area contributed by atoms with Crippen molar-refractivity contribution in [2.75, 3.05) is 0 Å². The summed E-state index contributed by atoms with van der Waals surface area (Å²) in [6, 6.07) is 3.16. The second kappa shape index (κ2) is 6.07. The molecule has 9 heteroatoms. The van der Waals surface area contributed by atoms with Gasteiger partial charge in [0.2, 0.25) is 0 Å². The third-order valence-corrected chi connectivity index (χ3v) is 3.97. The van der Waals surface area contributed by atoms with Crippen LogP contribution in [0.2, 0.25) is 0 Å². The molecule has 0 unspecified atom stereocenters. The minimum absolute atomic E-state index is 0.00841. The fourth-order valence-electron chi connectivity index (χ4n) is 1.91. The number of aromatic nitrogens is 3. The van der Waals surface area contributed by atoms with Gasteiger partial charge in [0, 0.05) is 29.7 Å². The van der Waals surface area contributed by atoms with Crippen molar-refractivity contribution >= 4 is 19.7 Å². The molecule has 1 aromatic heterocycles. The van der Waals surface area contributed by atoms with Crippen molar-refractivity contribution in [3.63, 3.8) is 0 Å². The molecule has 0 aliphatic heterocycles. The highest BCUT2D eigenvalue weighted by atomic mass is 35.7. The topological polar surface area (TPSA) is 64.8 Å². The smallest absolute Gasteiger partial charge is 0.296 e. The zero-order valence-electron chi connectivity index (χ0n) is 11.1. The highest BCUT2D eigenvalue weighted by Gasteiger charge is 2.22. The van der Waals surface area contributed by atoms with Crippen molar-refractivity contribution in [2.24, 2.45) is 0 Å². The van der Waals surface area contributed by atoms with Crippen molar-refractivity contribution < 1.29 is 17.2 Å². The summed E-state index contributed by atoms with van der Waals surface area (Å²) in [7, 11) is 1.26. The van der Waals surface area contributed by atoms with E-state index in [0.29, 0.717) is 13.0 Å². The van der Waals surface area contributed by atoms with Gasteiger partial charge in [-0.15, -0.1) is 10.2 Å².